The van der Waals surface area contributed by atoms with Gasteiger partial charge in [0, 0.05) is 35.4 Å². The summed E-state index contributed by atoms with van der Waals surface area (Å²) in [7, 11) is -0.727. The molecular formula is C12H19NO2S. The highest BCUT2D eigenvalue weighted by Crippen LogP contribution is 2.10. The molecule has 2 atom stereocenters. The van der Waals surface area contributed by atoms with Gasteiger partial charge in [0.15, 0.2) is 0 Å². The minimum Gasteiger partial charge on any atom is -0.508 e. The van der Waals surface area contributed by atoms with E-state index in [1.54, 1.807) is 18.4 Å². The minimum atomic E-state index is -0.727. The van der Waals surface area contributed by atoms with Gasteiger partial charge in [0.2, 0.25) is 0 Å². The van der Waals surface area contributed by atoms with Crippen molar-refractivity contribution < 1.29 is 9.32 Å². The van der Waals surface area contributed by atoms with Crippen LogP contribution in [0, 0.1) is 0 Å². The van der Waals surface area contributed by atoms with Crippen molar-refractivity contribution in [3.8, 4) is 5.75 Å². The molecule has 1 aromatic rings. The lowest BCUT2D eigenvalue weighted by Crippen LogP contribution is -2.31. The molecule has 0 bridgehead atoms. The second kappa shape index (κ2) is 6.66. The van der Waals surface area contributed by atoms with Crippen molar-refractivity contribution in [2.45, 2.75) is 19.4 Å². The van der Waals surface area contributed by atoms with Crippen LogP contribution in [0.2, 0.25) is 0 Å². The number of nitrogens with one attached hydrogen (secondary N) is 1. The number of hydrogen-bond acceptors (Lipinski definition) is 3. The average Bonchev–Trinajstić information content (AvgIpc) is 2.21. The standard InChI is InChI=1S/C12H19NO2S/c1-10(13-7-8-16(2)15)9-11-3-5-12(14)6-4-11/h3-6,10,13-14H,7-9H2,1-2H3. The molecule has 3 nitrogen and oxygen atoms in total. The first-order valence-corrected chi connectivity index (χ1v) is 7.12. The Hall–Kier alpha value is -0.870. The Morgan fingerprint density at radius 1 is 1.38 bits per heavy atom. The molecular weight excluding hydrogens is 222 g/mol. The van der Waals surface area contributed by atoms with Gasteiger partial charge in [-0.2, -0.15) is 0 Å². The maximum absolute atomic E-state index is 10.9. The summed E-state index contributed by atoms with van der Waals surface area (Å²) in [5, 5.41) is 12.5. The third kappa shape index (κ3) is 5.28. The summed E-state index contributed by atoms with van der Waals surface area (Å²) in [6.45, 7) is 2.88. The van der Waals surface area contributed by atoms with E-state index in [2.05, 4.69) is 12.2 Å². The summed E-state index contributed by atoms with van der Waals surface area (Å²) in [6.07, 6.45) is 2.63. The zero-order valence-electron chi connectivity index (χ0n) is 9.77. The van der Waals surface area contributed by atoms with Crippen LogP contribution in [0.1, 0.15) is 12.5 Å². The Kier molecular flexibility index (Phi) is 5.49. The molecule has 0 aliphatic rings. The summed E-state index contributed by atoms with van der Waals surface area (Å²) < 4.78 is 10.9. The zero-order valence-corrected chi connectivity index (χ0v) is 10.6. The summed E-state index contributed by atoms with van der Waals surface area (Å²) in [5.41, 5.74) is 1.19. The first kappa shape index (κ1) is 13.2. The SMILES string of the molecule is CC(Cc1ccc(O)cc1)NCCS(C)=O. The molecule has 0 saturated heterocycles. The van der Waals surface area contributed by atoms with E-state index >= 15 is 0 Å². The molecule has 0 spiro atoms. The molecule has 0 fully saturated rings. The van der Waals surface area contributed by atoms with E-state index in [1.165, 1.54) is 5.56 Å². The van der Waals surface area contributed by atoms with Crippen LogP contribution >= 0.6 is 0 Å². The van der Waals surface area contributed by atoms with Gasteiger partial charge in [-0.15, -0.1) is 0 Å². The number of phenols is 1. The fourth-order valence-corrected chi connectivity index (χ4v) is 1.91. The Morgan fingerprint density at radius 2 is 2.00 bits per heavy atom. The van der Waals surface area contributed by atoms with E-state index in [4.69, 9.17) is 5.11 Å². The van der Waals surface area contributed by atoms with Gasteiger partial charge in [0.1, 0.15) is 5.75 Å². The van der Waals surface area contributed by atoms with E-state index in [1.807, 2.05) is 12.1 Å². The maximum atomic E-state index is 10.9. The van der Waals surface area contributed by atoms with Crippen LogP contribution in [0.25, 0.3) is 0 Å². The fourth-order valence-electron chi connectivity index (χ4n) is 1.51. The van der Waals surface area contributed by atoms with Gasteiger partial charge in [-0.05, 0) is 31.0 Å². The van der Waals surface area contributed by atoms with Gasteiger partial charge < -0.3 is 10.4 Å². The van der Waals surface area contributed by atoms with Crippen LogP contribution in [0.4, 0.5) is 0 Å². The number of rotatable bonds is 6. The molecule has 2 unspecified atom stereocenters. The first-order chi connectivity index (χ1) is 7.58. The van der Waals surface area contributed by atoms with Gasteiger partial charge in [-0.1, -0.05) is 12.1 Å². The molecule has 0 aliphatic heterocycles. The third-order valence-corrected chi connectivity index (χ3v) is 3.14. The average molecular weight is 241 g/mol. The van der Waals surface area contributed by atoms with E-state index in [0.29, 0.717) is 17.5 Å². The van der Waals surface area contributed by atoms with E-state index in [0.717, 1.165) is 13.0 Å². The Balaban J connectivity index is 2.31. The van der Waals surface area contributed by atoms with Crippen molar-refractivity contribution >= 4 is 10.8 Å². The summed E-state index contributed by atoms with van der Waals surface area (Å²) in [5.74, 6) is 0.991. The van der Waals surface area contributed by atoms with Crippen molar-refractivity contribution in [3.63, 3.8) is 0 Å². The largest absolute Gasteiger partial charge is 0.508 e. The molecule has 90 valence electrons. The quantitative estimate of drug-likeness (QED) is 0.789. The van der Waals surface area contributed by atoms with E-state index in [9.17, 15) is 4.21 Å². The smallest absolute Gasteiger partial charge is 0.115 e. The highest BCUT2D eigenvalue weighted by molar-refractivity contribution is 7.84. The molecule has 0 saturated carbocycles. The van der Waals surface area contributed by atoms with Crippen LogP contribution < -0.4 is 5.32 Å². The topological polar surface area (TPSA) is 49.3 Å². The number of hydrogen-bond donors (Lipinski definition) is 2. The highest BCUT2D eigenvalue weighted by Gasteiger charge is 2.03. The van der Waals surface area contributed by atoms with Crippen molar-refractivity contribution in [3.05, 3.63) is 29.8 Å². The fraction of sp³-hybridized carbons (Fsp3) is 0.500. The maximum Gasteiger partial charge on any atom is 0.115 e. The summed E-state index contributed by atoms with van der Waals surface area (Å²) in [6, 6.07) is 7.59. The van der Waals surface area contributed by atoms with Crippen LogP contribution in [0.15, 0.2) is 24.3 Å². The molecule has 4 heteroatoms. The zero-order chi connectivity index (χ0) is 12.0. The predicted octanol–water partition coefficient (Wildman–Crippen LogP) is 1.29. The lowest BCUT2D eigenvalue weighted by Gasteiger charge is -2.13. The lowest BCUT2D eigenvalue weighted by atomic mass is 10.1. The van der Waals surface area contributed by atoms with Crippen molar-refractivity contribution in [1.29, 1.82) is 0 Å². The Morgan fingerprint density at radius 3 is 2.56 bits per heavy atom. The molecule has 1 aromatic carbocycles. The molecule has 0 amide bonds. The van der Waals surface area contributed by atoms with Crippen LogP contribution in [0.3, 0.4) is 0 Å². The van der Waals surface area contributed by atoms with Gasteiger partial charge in [-0.25, -0.2) is 0 Å². The van der Waals surface area contributed by atoms with E-state index in [-0.39, 0.29) is 0 Å². The van der Waals surface area contributed by atoms with Crippen LogP contribution in [-0.2, 0) is 17.2 Å². The third-order valence-electron chi connectivity index (χ3n) is 2.36. The normalized spacial score (nSPS) is 14.6. The molecule has 0 aliphatic carbocycles. The van der Waals surface area contributed by atoms with Crippen molar-refractivity contribution in [2.24, 2.45) is 0 Å². The summed E-state index contributed by atoms with van der Waals surface area (Å²) in [4.78, 5) is 0. The van der Waals surface area contributed by atoms with Gasteiger partial charge >= 0.3 is 0 Å². The molecule has 0 aromatic heterocycles. The van der Waals surface area contributed by atoms with Crippen molar-refractivity contribution in [2.75, 3.05) is 18.6 Å². The molecule has 0 heterocycles. The molecule has 1 rings (SSSR count). The van der Waals surface area contributed by atoms with Crippen LogP contribution in [0.5, 0.6) is 5.75 Å². The number of benzene rings is 1. The van der Waals surface area contributed by atoms with Gasteiger partial charge in [-0.3, -0.25) is 4.21 Å². The summed E-state index contributed by atoms with van der Waals surface area (Å²) >= 11 is 0. The Bertz CT molecular complexity index is 337. The second-order valence-corrected chi connectivity index (χ2v) is 5.56. The predicted molar refractivity (Wildman–Crippen MR) is 68.2 cm³/mol. The van der Waals surface area contributed by atoms with Crippen molar-refractivity contribution in [1.82, 2.24) is 5.32 Å². The monoisotopic (exact) mass is 241 g/mol. The lowest BCUT2D eigenvalue weighted by molar-refractivity contribution is 0.474. The number of aromatic hydroxyl groups is 1. The second-order valence-electron chi connectivity index (χ2n) is 4.00. The van der Waals surface area contributed by atoms with E-state index < -0.39 is 10.8 Å². The highest BCUT2D eigenvalue weighted by atomic mass is 32.2. The van der Waals surface area contributed by atoms with Crippen LogP contribution in [-0.4, -0.2) is 33.9 Å². The van der Waals surface area contributed by atoms with Gasteiger partial charge in [0.25, 0.3) is 0 Å². The Labute approximate surface area is 99.3 Å². The molecule has 2 N–H and O–H groups in total. The number of phenolic OH excluding ortho intramolecular Hbond substituents is 1. The molecule has 16 heavy (non-hydrogen) atoms. The molecule has 0 radical (unpaired) electrons. The van der Waals surface area contributed by atoms with Gasteiger partial charge in [0.05, 0.1) is 0 Å². The first-order valence-electron chi connectivity index (χ1n) is 5.39. The minimum absolute atomic E-state index is 0.297.